The number of anilines is 1. The fourth-order valence-corrected chi connectivity index (χ4v) is 3.78. The van der Waals surface area contributed by atoms with Gasteiger partial charge in [0.2, 0.25) is 5.91 Å². The van der Waals surface area contributed by atoms with E-state index in [2.05, 4.69) is 5.32 Å². The SMILES string of the molecule is CCCC(C)NC(=O)C(C)S(=O)(=O)c1ccc(N)cc1Cl. The molecule has 3 N–H and O–H groups in total. The maximum Gasteiger partial charge on any atom is 0.238 e. The number of nitrogens with two attached hydrogens (primary N) is 1. The van der Waals surface area contributed by atoms with Gasteiger partial charge in [0.1, 0.15) is 5.25 Å². The van der Waals surface area contributed by atoms with Crippen molar-refractivity contribution in [3.05, 3.63) is 23.2 Å². The number of nitrogen functional groups attached to an aromatic ring is 1. The molecule has 0 aliphatic carbocycles. The van der Waals surface area contributed by atoms with Crippen molar-refractivity contribution in [3.8, 4) is 0 Å². The lowest BCUT2D eigenvalue weighted by molar-refractivity contribution is -0.121. The molecule has 0 bridgehead atoms. The highest BCUT2D eigenvalue weighted by atomic mass is 35.5. The quantitative estimate of drug-likeness (QED) is 0.783. The molecule has 0 radical (unpaired) electrons. The zero-order valence-corrected chi connectivity index (χ0v) is 14.0. The standard InChI is InChI=1S/C14H21ClN2O3S/c1-4-5-9(2)17-14(18)10(3)21(19,20)13-7-6-11(16)8-12(13)15/h6-10H,4-5,16H2,1-3H3,(H,17,18). The number of benzene rings is 1. The van der Waals surface area contributed by atoms with Gasteiger partial charge in [-0.05, 0) is 38.5 Å². The van der Waals surface area contributed by atoms with E-state index in [0.29, 0.717) is 5.69 Å². The van der Waals surface area contributed by atoms with E-state index >= 15 is 0 Å². The van der Waals surface area contributed by atoms with Gasteiger partial charge in [-0.3, -0.25) is 4.79 Å². The van der Waals surface area contributed by atoms with E-state index in [4.69, 9.17) is 17.3 Å². The molecule has 1 aromatic carbocycles. The van der Waals surface area contributed by atoms with Crippen molar-refractivity contribution in [1.29, 1.82) is 0 Å². The molecule has 1 aromatic rings. The molecule has 0 aromatic heterocycles. The lowest BCUT2D eigenvalue weighted by atomic mass is 10.2. The van der Waals surface area contributed by atoms with Crippen molar-refractivity contribution in [2.45, 2.75) is 49.8 Å². The number of carbonyl (C=O) groups is 1. The van der Waals surface area contributed by atoms with E-state index in [1.54, 1.807) is 0 Å². The van der Waals surface area contributed by atoms with Gasteiger partial charge < -0.3 is 11.1 Å². The molecule has 5 nitrogen and oxygen atoms in total. The number of amides is 1. The average molecular weight is 333 g/mol. The minimum atomic E-state index is -3.85. The molecule has 0 saturated carbocycles. The van der Waals surface area contributed by atoms with Crippen LogP contribution in [0.1, 0.15) is 33.6 Å². The summed E-state index contributed by atoms with van der Waals surface area (Å²) >= 11 is 5.93. The predicted molar refractivity (Wildman–Crippen MR) is 85.0 cm³/mol. The molecular formula is C14H21ClN2O3S. The first-order chi connectivity index (χ1) is 9.70. The Labute approximate surface area is 130 Å². The van der Waals surface area contributed by atoms with Crippen LogP contribution in [0.25, 0.3) is 0 Å². The number of rotatable bonds is 6. The Hall–Kier alpha value is -1.27. The van der Waals surface area contributed by atoms with Crippen molar-refractivity contribution in [2.75, 3.05) is 5.73 Å². The largest absolute Gasteiger partial charge is 0.399 e. The molecule has 1 amide bonds. The Balaban J connectivity index is 2.99. The molecule has 2 atom stereocenters. The molecule has 0 spiro atoms. The van der Waals surface area contributed by atoms with Crippen molar-refractivity contribution in [1.82, 2.24) is 5.32 Å². The maximum atomic E-state index is 12.5. The Kier molecular flexibility index (Phi) is 6.04. The molecular weight excluding hydrogens is 312 g/mol. The van der Waals surface area contributed by atoms with Crippen molar-refractivity contribution >= 4 is 33.0 Å². The van der Waals surface area contributed by atoms with Crippen LogP contribution in [0.15, 0.2) is 23.1 Å². The number of sulfone groups is 1. The number of nitrogens with one attached hydrogen (secondary N) is 1. The smallest absolute Gasteiger partial charge is 0.238 e. The van der Waals surface area contributed by atoms with Gasteiger partial charge in [-0.2, -0.15) is 0 Å². The third-order valence-corrected chi connectivity index (χ3v) is 5.75. The van der Waals surface area contributed by atoms with Crippen LogP contribution in [-0.4, -0.2) is 25.6 Å². The maximum absolute atomic E-state index is 12.5. The first-order valence-corrected chi connectivity index (χ1v) is 8.71. The van der Waals surface area contributed by atoms with Gasteiger partial charge in [0, 0.05) is 11.7 Å². The first-order valence-electron chi connectivity index (χ1n) is 6.79. The van der Waals surface area contributed by atoms with Crippen molar-refractivity contribution in [3.63, 3.8) is 0 Å². The topological polar surface area (TPSA) is 89.3 Å². The van der Waals surface area contributed by atoms with Crippen molar-refractivity contribution in [2.24, 2.45) is 0 Å². The molecule has 1 rings (SSSR count). The van der Waals surface area contributed by atoms with Gasteiger partial charge in [-0.25, -0.2) is 8.42 Å². The summed E-state index contributed by atoms with van der Waals surface area (Å²) < 4.78 is 24.9. The third kappa shape index (κ3) is 4.35. The number of carbonyl (C=O) groups excluding carboxylic acids is 1. The zero-order valence-electron chi connectivity index (χ0n) is 12.4. The highest BCUT2D eigenvalue weighted by Crippen LogP contribution is 2.27. The fraction of sp³-hybridized carbons (Fsp3) is 0.500. The monoisotopic (exact) mass is 332 g/mol. The lowest BCUT2D eigenvalue weighted by Crippen LogP contribution is -2.42. The Morgan fingerprint density at radius 2 is 2.00 bits per heavy atom. The average Bonchev–Trinajstić information content (AvgIpc) is 2.37. The van der Waals surface area contributed by atoms with E-state index in [1.165, 1.54) is 25.1 Å². The van der Waals surface area contributed by atoms with Crippen LogP contribution in [0.2, 0.25) is 5.02 Å². The fourth-order valence-electron chi connectivity index (χ4n) is 1.94. The first kappa shape index (κ1) is 17.8. The van der Waals surface area contributed by atoms with Crippen LogP contribution in [0, 0.1) is 0 Å². The molecule has 21 heavy (non-hydrogen) atoms. The highest BCUT2D eigenvalue weighted by Gasteiger charge is 2.31. The van der Waals surface area contributed by atoms with E-state index < -0.39 is 21.0 Å². The number of hydrogen-bond acceptors (Lipinski definition) is 4. The van der Waals surface area contributed by atoms with Gasteiger partial charge in [-0.15, -0.1) is 0 Å². The molecule has 0 aliphatic rings. The summed E-state index contributed by atoms with van der Waals surface area (Å²) in [5.41, 5.74) is 5.92. The second kappa shape index (κ2) is 7.13. The Bertz CT molecular complexity index is 617. The summed E-state index contributed by atoms with van der Waals surface area (Å²) in [7, 11) is -3.85. The van der Waals surface area contributed by atoms with Crippen LogP contribution in [-0.2, 0) is 14.6 Å². The van der Waals surface area contributed by atoms with Crippen LogP contribution in [0.3, 0.4) is 0 Å². The molecule has 0 aliphatic heterocycles. The summed E-state index contributed by atoms with van der Waals surface area (Å²) in [6, 6.07) is 4.07. The summed E-state index contributed by atoms with van der Waals surface area (Å²) in [5, 5.41) is 1.52. The van der Waals surface area contributed by atoms with Crippen LogP contribution < -0.4 is 11.1 Å². The predicted octanol–water partition coefficient (Wildman–Crippen LogP) is 2.39. The molecule has 0 heterocycles. The number of halogens is 1. The van der Waals surface area contributed by atoms with Crippen LogP contribution in [0.4, 0.5) is 5.69 Å². The van der Waals surface area contributed by atoms with Gasteiger partial charge in [-0.1, -0.05) is 24.9 Å². The van der Waals surface area contributed by atoms with E-state index in [1.807, 2.05) is 13.8 Å². The van der Waals surface area contributed by atoms with Crippen molar-refractivity contribution < 1.29 is 13.2 Å². The van der Waals surface area contributed by atoms with E-state index in [0.717, 1.165) is 12.8 Å². The van der Waals surface area contributed by atoms with Gasteiger partial charge in [0.25, 0.3) is 0 Å². The van der Waals surface area contributed by atoms with Gasteiger partial charge >= 0.3 is 0 Å². The Morgan fingerprint density at radius 3 is 2.52 bits per heavy atom. The molecule has 0 saturated heterocycles. The summed E-state index contributed by atoms with van der Waals surface area (Å²) in [6.07, 6.45) is 1.70. The van der Waals surface area contributed by atoms with E-state index in [-0.39, 0.29) is 16.0 Å². The third-order valence-electron chi connectivity index (χ3n) is 3.21. The van der Waals surface area contributed by atoms with Crippen LogP contribution >= 0.6 is 11.6 Å². The van der Waals surface area contributed by atoms with Gasteiger partial charge in [0.15, 0.2) is 9.84 Å². The zero-order chi connectivity index (χ0) is 16.2. The molecule has 0 fully saturated rings. The Morgan fingerprint density at radius 1 is 1.38 bits per heavy atom. The molecule has 7 heteroatoms. The minimum absolute atomic E-state index is 0.0243. The van der Waals surface area contributed by atoms with Crippen LogP contribution in [0.5, 0.6) is 0 Å². The second-order valence-corrected chi connectivity index (χ2v) is 7.72. The second-order valence-electron chi connectivity index (χ2n) is 5.08. The normalized spacial score (nSPS) is 14.5. The molecule has 2 unspecified atom stereocenters. The summed E-state index contributed by atoms with van der Waals surface area (Å²) in [6.45, 7) is 5.20. The highest BCUT2D eigenvalue weighted by molar-refractivity contribution is 7.92. The number of hydrogen-bond donors (Lipinski definition) is 2. The molecule has 118 valence electrons. The summed E-state index contributed by atoms with van der Waals surface area (Å²) in [4.78, 5) is 12.0. The van der Waals surface area contributed by atoms with E-state index in [9.17, 15) is 13.2 Å². The van der Waals surface area contributed by atoms with Gasteiger partial charge in [0.05, 0.1) is 9.92 Å². The summed E-state index contributed by atoms with van der Waals surface area (Å²) in [5.74, 6) is -0.524. The minimum Gasteiger partial charge on any atom is -0.399 e. The lowest BCUT2D eigenvalue weighted by Gasteiger charge is -2.18.